The van der Waals surface area contributed by atoms with E-state index in [1.54, 1.807) is 17.0 Å². The molecule has 2 fully saturated rings. The fourth-order valence-electron chi connectivity index (χ4n) is 2.16. The molecule has 2 aliphatic rings. The second-order valence-corrected chi connectivity index (χ2v) is 5.18. The van der Waals surface area contributed by atoms with Gasteiger partial charge >= 0.3 is 6.03 Å². The van der Waals surface area contributed by atoms with Crippen molar-refractivity contribution in [2.45, 2.75) is 25.4 Å². The number of rotatable bonds is 3. The van der Waals surface area contributed by atoms with Crippen molar-refractivity contribution >= 4 is 23.5 Å². The summed E-state index contributed by atoms with van der Waals surface area (Å²) in [6, 6.07) is 7.33. The third-order valence-electron chi connectivity index (χ3n) is 3.32. The first kappa shape index (κ1) is 11.5. The smallest absolute Gasteiger partial charge is 0.312 e. The Hall–Kier alpha value is -1.55. The number of carbonyl (C=O) groups is 2. The largest absolute Gasteiger partial charge is 0.327 e. The number of hydrogen-bond donors (Lipinski definition) is 0. The van der Waals surface area contributed by atoms with Crippen LogP contribution in [0.3, 0.4) is 0 Å². The fraction of sp³-hybridized carbons (Fsp3) is 0.385. The molecule has 1 aromatic rings. The van der Waals surface area contributed by atoms with E-state index in [9.17, 15) is 9.59 Å². The van der Waals surface area contributed by atoms with Crippen molar-refractivity contribution in [3.63, 3.8) is 0 Å². The van der Waals surface area contributed by atoms with E-state index in [0.717, 1.165) is 18.4 Å². The van der Waals surface area contributed by atoms with E-state index in [1.807, 2.05) is 12.1 Å². The average molecular weight is 265 g/mol. The standard InChI is InChI=1S/C13H13ClN2O2/c14-10-3-1-9(2-4-10)7-16-12(17)8-15(13(16)18)11-5-6-11/h1-4,11H,5-8H2. The van der Waals surface area contributed by atoms with Gasteiger partial charge in [0.25, 0.3) is 5.91 Å². The highest BCUT2D eigenvalue weighted by Crippen LogP contribution is 2.30. The summed E-state index contributed by atoms with van der Waals surface area (Å²) in [4.78, 5) is 26.9. The molecule has 3 rings (SSSR count). The molecule has 5 heteroatoms. The number of hydrogen-bond acceptors (Lipinski definition) is 2. The Balaban J connectivity index is 1.74. The molecule has 3 amide bonds. The first-order valence-electron chi connectivity index (χ1n) is 6.00. The predicted molar refractivity (Wildman–Crippen MR) is 67.1 cm³/mol. The maximum Gasteiger partial charge on any atom is 0.327 e. The number of amides is 3. The van der Waals surface area contributed by atoms with Crippen LogP contribution in [0.4, 0.5) is 4.79 Å². The van der Waals surface area contributed by atoms with Gasteiger partial charge in [-0.1, -0.05) is 23.7 Å². The second-order valence-electron chi connectivity index (χ2n) is 4.75. The highest BCUT2D eigenvalue weighted by Gasteiger charge is 2.43. The lowest BCUT2D eigenvalue weighted by Gasteiger charge is -2.16. The van der Waals surface area contributed by atoms with Crippen LogP contribution in [0.25, 0.3) is 0 Å². The molecule has 1 saturated carbocycles. The topological polar surface area (TPSA) is 40.6 Å². The summed E-state index contributed by atoms with van der Waals surface area (Å²) in [6.07, 6.45) is 2.04. The van der Waals surface area contributed by atoms with E-state index in [-0.39, 0.29) is 24.5 Å². The van der Waals surface area contributed by atoms with Crippen LogP contribution in [0.1, 0.15) is 18.4 Å². The molecule has 0 N–H and O–H groups in total. The third kappa shape index (κ3) is 2.08. The van der Waals surface area contributed by atoms with E-state index >= 15 is 0 Å². The van der Waals surface area contributed by atoms with Gasteiger partial charge in [0, 0.05) is 11.1 Å². The van der Waals surface area contributed by atoms with Gasteiger partial charge in [-0.3, -0.25) is 9.69 Å². The summed E-state index contributed by atoms with van der Waals surface area (Å²) in [5.41, 5.74) is 0.916. The van der Waals surface area contributed by atoms with Gasteiger partial charge < -0.3 is 4.90 Å². The summed E-state index contributed by atoms with van der Waals surface area (Å²) in [5.74, 6) is -0.109. The zero-order valence-electron chi connectivity index (χ0n) is 9.80. The molecule has 0 aromatic heterocycles. The summed E-state index contributed by atoms with van der Waals surface area (Å²) < 4.78 is 0. The summed E-state index contributed by atoms with van der Waals surface area (Å²) >= 11 is 5.80. The molecular weight excluding hydrogens is 252 g/mol. The van der Waals surface area contributed by atoms with Gasteiger partial charge in [0.2, 0.25) is 0 Å². The summed E-state index contributed by atoms with van der Waals surface area (Å²) in [7, 11) is 0. The van der Waals surface area contributed by atoms with Crippen molar-refractivity contribution in [3.8, 4) is 0 Å². The number of halogens is 1. The summed E-state index contributed by atoms with van der Waals surface area (Å²) in [6.45, 7) is 0.565. The van der Waals surface area contributed by atoms with Gasteiger partial charge in [0.15, 0.2) is 0 Å². The zero-order chi connectivity index (χ0) is 12.7. The molecule has 18 heavy (non-hydrogen) atoms. The maximum atomic E-state index is 12.1. The van der Waals surface area contributed by atoms with Gasteiger partial charge in [0.05, 0.1) is 6.54 Å². The van der Waals surface area contributed by atoms with Crippen LogP contribution in [-0.4, -0.2) is 34.3 Å². The average Bonchev–Trinajstić information content (AvgIpc) is 3.14. The van der Waals surface area contributed by atoms with Crippen LogP contribution in [0, 0.1) is 0 Å². The Morgan fingerprint density at radius 3 is 2.44 bits per heavy atom. The van der Waals surface area contributed by atoms with E-state index in [1.165, 1.54) is 4.90 Å². The number of urea groups is 1. The summed E-state index contributed by atoms with van der Waals surface area (Å²) in [5, 5.41) is 0.650. The van der Waals surface area contributed by atoms with Crippen molar-refractivity contribution in [2.75, 3.05) is 6.54 Å². The number of imide groups is 1. The monoisotopic (exact) mass is 264 g/mol. The SMILES string of the molecule is O=C1CN(C2CC2)C(=O)N1Cc1ccc(Cl)cc1. The van der Waals surface area contributed by atoms with E-state index in [4.69, 9.17) is 11.6 Å². The number of nitrogens with zero attached hydrogens (tertiary/aromatic N) is 2. The maximum absolute atomic E-state index is 12.1. The molecule has 0 atom stereocenters. The van der Waals surface area contributed by atoms with Crippen LogP contribution in [0.2, 0.25) is 5.02 Å². The van der Waals surface area contributed by atoms with Crippen molar-refractivity contribution < 1.29 is 9.59 Å². The Bertz CT molecular complexity index is 496. The molecule has 0 spiro atoms. The zero-order valence-corrected chi connectivity index (χ0v) is 10.6. The van der Waals surface area contributed by atoms with Crippen LogP contribution in [0.5, 0.6) is 0 Å². The van der Waals surface area contributed by atoms with Gasteiger partial charge in [-0.05, 0) is 30.5 Å². The van der Waals surface area contributed by atoms with Crippen LogP contribution in [-0.2, 0) is 11.3 Å². The molecule has 1 saturated heterocycles. The lowest BCUT2D eigenvalue weighted by Crippen LogP contribution is -2.33. The van der Waals surface area contributed by atoms with Crippen LogP contribution in [0.15, 0.2) is 24.3 Å². The lowest BCUT2D eigenvalue weighted by atomic mass is 10.2. The molecular formula is C13H13ClN2O2. The molecule has 94 valence electrons. The Labute approximate surface area is 110 Å². The number of carbonyl (C=O) groups excluding carboxylic acids is 2. The molecule has 1 heterocycles. The quantitative estimate of drug-likeness (QED) is 0.786. The van der Waals surface area contributed by atoms with Crippen molar-refractivity contribution in [1.29, 1.82) is 0 Å². The van der Waals surface area contributed by atoms with E-state index in [2.05, 4.69) is 0 Å². The fourth-order valence-corrected chi connectivity index (χ4v) is 2.29. The van der Waals surface area contributed by atoms with Crippen molar-refractivity contribution in [1.82, 2.24) is 9.80 Å². The highest BCUT2D eigenvalue weighted by molar-refractivity contribution is 6.30. The molecule has 1 aliphatic heterocycles. The first-order chi connectivity index (χ1) is 8.65. The van der Waals surface area contributed by atoms with Gasteiger partial charge in [-0.25, -0.2) is 4.79 Å². The molecule has 0 bridgehead atoms. The van der Waals surface area contributed by atoms with Gasteiger partial charge in [-0.15, -0.1) is 0 Å². The lowest BCUT2D eigenvalue weighted by molar-refractivity contribution is -0.125. The van der Waals surface area contributed by atoms with E-state index < -0.39 is 0 Å². The molecule has 0 unspecified atom stereocenters. The Kier molecular flexibility index (Phi) is 2.74. The first-order valence-corrected chi connectivity index (χ1v) is 6.38. The molecule has 1 aliphatic carbocycles. The molecule has 4 nitrogen and oxygen atoms in total. The molecule has 0 radical (unpaired) electrons. The highest BCUT2D eigenvalue weighted by atomic mass is 35.5. The normalized spacial score (nSPS) is 19.8. The minimum absolute atomic E-state index is 0.109. The number of benzene rings is 1. The minimum Gasteiger partial charge on any atom is -0.312 e. The minimum atomic E-state index is -0.155. The van der Waals surface area contributed by atoms with Crippen molar-refractivity contribution in [2.24, 2.45) is 0 Å². The van der Waals surface area contributed by atoms with E-state index in [0.29, 0.717) is 11.6 Å². The van der Waals surface area contributed by atoms with Crippen molar-refractivity contribution in [3.05, 3.63) is 34.9 Å². The predicted octanol–water partition coefficient (Wildman–Crippen LogP) is 2.27. The Morgan fingerprint density at radius 2 is 1.83 bits per heavy atom. The Morgan fingerprint density at radius 1 is 1.17 bits per heavy atom. The van der Waals surface area contributed by atoms with Gasteiger partial charge in [0.1, 0.15) is 6.54 Å². The van der Waals surface area contributed by atoms with Gasteiger partial charge in [-0.2, -0.15) is 0 Å². The van der Waals surface area contributed by atoms with Crippen LogP contribution < -0.4 is 0 Å². The third-order valence-corrected chi connectivity index (χ3v) is 3.58. The second kappa shape index (κ2) is 4.28. The molecule has 1 aromatic carbocycles. The van der Waals surface area contributed by atoms with Crippen LogP contribution >= 0.6 is 11.6 Å².